The summed E-state index contributed by atoms with van der Waals surface area (Å²) in [6, 6.07) is 3.45. The number of ether oxygens (including phenoxy) is 1. The van der Waals surface area contributed by atoms with Crippen molar-refractivity contribution in [2.24, 2.45) is 0 Å². The standard InChI is InChI=1S/C17H20N2O4/c1-10-17(11(2)19(18-10)9-8-16(21)22)23-15-7-6-14(20)12-4-3-5-13(12)15/h6-7,20H,3-5,8-9H2,1-2H3,(H,21,22). The number of aromatic hydroxyl groups is 1. The largest absolute Gasteiger partial charge is 0.508 e. The molecule has 0 atom stereocenters. The van der Waals surface area contributed by atoms with Crippen molar-refractivity contribution in [1.29, 1.82) is 0 Å². The molecule has 0 aliphatic heterocycles. The molecular formula is C17H20N2O4. The lowest BCUT2D eigenvalue weighted by Gasteiger charge is -2.12. The normalized spacial score (nSPS) is 13.1. The molecule has 2 N–H and O–H groups in total. The van der Waals surface area contributed by atoms with E-state index in [4.69, 9.17) is 9.84 Å². The Balaban J connectivity index is 1.89. The van der Waals surface area contributed by atoms with Crippen LogP contribution in [0.15, 0.2) is 12.1 Å². The monoisotopic (exact) mass is 316 g/mol. The van der Waals surface area contributed by atoms with Gasteiger partial charge >= 0.3 is 5.97 Å². The van der Waals surface area contributed by atoms with Crippen molar-refractivity contribution in [2.45, 2.75) is 46.1 Å². The molecule has 1 aliphatic carbocycles. The van der Waals surface area contributed by atoms with E-state index in [9.17, 15) is 9.90 Å². The molecule has 6 nitrogen and oxygen atoms in total. The van der Waals surface area contributed by atoms with Crippen molar-refractivity contribution >= 4 is 5.97 Å². The molecule has 0 fully saturated rings. The highest BCUT2D eigenvalue weighted by Gasteiger charge is 2.22. The third-order valence-corrected chi connectivity index (χ3v) is 4.28. The van der Waals surface area contributed by atoms with Crippen LogP contribution in [0.3, 0.4) is 0 Å². The van der Waals surface area contributed by atoms with Gasteiger partial charge in [-0.3, -0.25) is 9.48 Å². The van der Waals surface area contributed by atoms with Gasteiger partial charge in [-0.25, -0.2) is 0 Å². The first kappa shape index (κ1) is 15.4. The fourth-order valence-corrected chi connectivity index (χ4v) is 3.11. The summed E-state index contributed by atoms with van der Waals surface area (Å²) in [6.45, 7) is 4.04. The highest BCUT2D eigenvalue weighted by atomic mass is 16.5. The molecule has 23 heavy (non-hydrogen) atoms. The summed E-state index contributed by atoms with van der Waals surface area (Å²) in [6.07, 6.45) is 2.80. The number of aryl methyl sites for hydroxylation is 2. The van der Waals surface area contributed by atoms with E-state index in [-0.39, 0.29) is 6.42 Å². The zero-order chi connectivity index (χ0) is 16.6. The number of fused-ring (bicyclic) bond motifs is 1. The summed E-state index contributed by atoms with van der Waals surface area (Å²) >= 11 is 0. The Labute approximate surface area is 134 Å². The quantitative estimate of drug-likeness (QED) is 0.886. The van der Waals surface area contributed by atoms with Crippen LogP contribution in [-0.2, 0) is 24.2 Å². The lowest BCUT2D eigenvalue weighted by Crippen LogP contribution is -2.07. The summed E-state index contributed by atoms with van der Waals surface area (Å²) in [5.74, 6) is 0.890. The molecule has 2 aromatic rings. The predicted molar refractivity (Wildman–Crippen MR) is 84.2 cm³/mol. The number of hydrogen-bond acceptors (Lipinski definition) is 4. The molecule has 0 saturated carbocycles. The van der Waals surface area contributed by atoms with Gasteiger partial charge in [0.05, 0.1) is 18.7 Å². The second-order valence-electron chi connectivity index (χ2n) is 5.86. The van der Waals surface area contributed by atoms with Crippen LogP contribution in [0.4, 0.5) is 0 Å². The molecule has 0 amide bonds. The first-order valence-corrected chi connectivity index (χ1v) is 7.74. The van der Waals surface area contributed by atoms with Crippen molar-refractivity contribution in [2.75, 3.05) is 0 Å². The molecule has 1 aliphatic rings. The molecule has 1 aromatic heterocycles. The maximum Gasteiger partial charge on any atom is 0.305 e. The van der Waals surface area contributed by atoms with Gasteiger partial charge in [-0.1, -0.05) is 0 Å². The number of carboxylic acid groups (broad SMARTS) is 1. The number of rotatable bonds is 5. The SMILES string of the molecule is Cc1nn(CCC(=O)O)c(C)c1Oc1ccc(O)c2c1CCC2. The minimum Gasteiger partial charge on any atom is -0.508 e. The number of carboxylic acids is 1. The van der Waals surface area contributed by atoms with Gasteiger partial charge in [-0.2, -0.15) is 5.10 Å². The molecule has 0 saturated heterocycles. The topological polar surface area (TPSA) is 84.6 Å². The summed E-state index contributed by atoms with van der Waals surface area (Å²) in [7, 11) is 0. The predicted octanol–water partition coefficient (Wildman–Crippen LogP) is 2.96. The Hall–Kier alpha value is -2.50. The molecular weight excluding hydrogens is 296 g/mol. The first-order chi connectivity index (χ1) is 11.0. The molecule has 0 bridgehead atoms. The fourth-order valence-electron chi connectivity index (χ4n) is 3.11. The summed E-state index contributed by atoms with van der Waals surface area (Å²) in [5.41, 5.74) is 3.56. The van der Waals surface area contributed by atoms with Gasteiger partial charge in [0, 0.05) is 11.1 Å². The highest BCUT2D eigenvalue weighted by molar-refractivity contribution is 5.66. The van der Waals surface area contributed by atoms with Crippen LogP contribution in [-0.4, -0.2) is 26.0 Å². The van der Waals surface area contributed by atoms with E-state index >= 15 is 0 Å². The van der Waals surface area contributed by atoms with Gasteiger partial charge in [-0.15, -0.1) is 0 Å². The van der Waals surface area contributed by atoms with Gasteiger partial charge in [-0.05, 0) is 45.2 Å². The molecule has 0 spiro atoms. The number of benzene rings is 1. The van der Waals surface area contributed by atoms with Crippen LogP contribution >= 0.6 is 0 Å². The molecule has 0 radical (unpaired) electrons. The molecule has 122 valence electrons. The zero-order valence-corrected chi connectivity index (χ0v) is 13.3. The summed E-state index contributed by atoms with van der Waals surface area (Å²) < 4.78 is 7.75. The van der Waals surface area contributed by atoms with Gasteiger partial charge < -0.3 is 14.9 Å². The second-order valence-corrected chi connectivity index (χ2v) is 5.86. The maximum absolute atomic E-state index is 10.7. The molecule has 0 unspecified atom stereocenters. The van der Waals surface area contributed by atoms with Gasteiger partial charge in [0.1, 0.15) is 17.2 Å². The summed E-state index contributed by atoms with van der Waals surface area (Å²) in [5, 5.41) is 23.1. The van der Waals surface area contributed by atoms with Crippen molar-refractivity contribution in [1.82, 2.24) is 9.78 Å². The van der Waals surface area contributed by atoms with Crippen molar-refractivity contribution in [3.8, 4) is 17.2 Å². The van der Waals surface area contributed by atoms with Crippen LogP contribution < -0.4 is 4.74 Å². The lowest BCUT2D eigenvalue weighted by molar-refractivity contribution is -0.137. The number of aromatic nitrogens is 2. The van der Waals surface area contributed by atoms with E-state index in [0.717, 1.165) is 47.5 Å². The first-order valence-electron chi connectivity index (χ1n) is 7.74. The molecule has 6 heteroatoms. The van der Waals surface area contributed by atoms with Crippen LogP contribution in [0.25, 0.3) is 0 Å². The van der Waals surface area contributed by atoms with E-state index in [2.05, 4.69) is 5.10 Å². The zero-order valence-electron chi connectivity index (χ0n) is 13.3. The highest BCUT2D eigenvalue weighted by Crippen LogP contribution is 2.39. The van der Waals surface area contributed by atoms with Gasteiger partial charge in [0.15, 0.2) is 5.75 Å². The van der Waals surface area contributed by atoms with Crippen molar-refractivity contribution < 1.29 is 19.7 Å². The number of phenols is 1. The Morgan fingerprint density at radius 3 is 2.78 bits per heavy atom. The average molecular weight is 316 g/mol. The van der Waals surface area contributed by atoms with E-state index in [1.165, 1.54) is 0 Å². The third kappa shape index (κ3) is 2.88. The minimum atomic E-state index is -0.851. The summed E-state index contributed by atoms with van der Waals surface area (Å²) in [4.78, 5) is 10.7. The van der Waals surface area contributed by atoms with Crippen LogP contribution in [0.5, 0.6) is 17.2 Å². The number of aliphatic carboxylic acids is 1. The van der Waals surface area contributed by atoms with E-state index in [1.807, 2.05) is 13.8 Å². The third-order valence-electron chi connectivity index (χ3n) is 4.28. The smallest absolute Gasteiger partial charge is 0.305 e. The molecule has 1 heterocycles. The van der Waals surface area contributed by atoms with Crippen molar-refractivity contribution in [3.63, 3.8) is 0 Å². The van der Waals surface area contributed by atoms with Crippen LogP contribution in [0.2, 0.25) is 0 Å². The average Bonchev–Trinajstić information content (AvgIpc) is 3.08. The van der Waals surface area contributed by atoms with Gasteiger partial charge in [0.2, 0.25) is 0 Å². The Bertz CT molecular complexity index is 764. The minimum absolute atomic E-state index is 0.0238. The van der Waals surface area contributed by atoms with Crippen LogP contribution in [0.1, 0.15) is 35.4 Å². The molecule has 1 aromatic carbocycles. The maximum atomic E-state index is 10.7. The Kier molecular flexibility index (Phi) is 3.98. The Morgan fingerprint density at radius 2 is 2.04 bits per heavy atom. The number of nitrogens with zero attached hydrogens (tertiary/aromatic N) is 2. The Morgan fingerprint density at radius 1 is 1.30 bits per heavy atom. The van der Waals surface area contributed by atoms with E-state index in [0.29, 0.717) is 18.0 Å². The van der Waals surface area contributed by atoms with E-state index in [1.54, 1.807) is 16.8 Å². The fraction of sp³-hybridized carbons (Fsp3) is 0.412. The molecule has 3 rings (SSSR count). The van der Waals surface area contributed by atoms with Crippen molar-refractivity contribution in [3.05, 3.63) is 34.6 Å². The number of hydrogen-bond donors (Lipinski definition) is 2. The van der Waals surface area contributed by atoms with Crippen LogP contribution in [0, 0.1) is 13.8 Å². The number of carbonyl (C=O) groups is 1. The van der Waals surface area contributed by atoms with Gasteiger partial charge in [0.25, 0.3) is 0 Å². The lowest BCUT2D eigenvalue weighted by atomic mass is 10.1. The second kappa shape index (κ2) is 5.95. The van der Waals surface area contributed by atoms with E-state index < -0.39 is 5.97 Å². The number of phenolic OH excluding ortho intramolecular Hbond substituents is 1.